The zero-order valence-corrected chi connectivity index (χ0v) is 18.6. The van der Waals surface area contributed by atoms with Crippen LogP contribution in [0.25, 0.3) is 18.2 Å². The lowest BCUT2D eigenvalue weighted by Gasteiger charge is -2.21. The summed E-state index contributed by atoms with van der Waals surface area (Å²) in [5.41, 5.74) is 2.73. The topological polar surface area (TPSA) is 60.7 Å². The third-order valence-corrected chi connectivity index (χ3v) is 6.08. The van der Waals surface area contributed by atoms with Crippen molar-refractivity contribution in [2.24, 2.45) is 4.99 Å². The Morgan fingerprint density at radius 3 is 2.28 bits per heavy atom. The summed E-state index contributed by atoms with van der Waals surface area (Å²) in [6.07, 6.45) is 9.33. The van der Waals surface area contributed by atoms with Gasteiger partial charge in [-0.05, 0) is 24.1 Å². The maximum atomic E-state index is 13.3. The first-order valence-electron chi connectivity index (χ1n) is 10.1. The summed E-state index contributed by atoms with van der Waals surface area (Å²) in [6.45, 7) is 1.77. The molecular formula is C26H22N2O3S. The number of carbonyl (C=O) groups excluding carboxylic acids is 1. The summed E-state index contributed by atoms with van der Waals surface area (Å²) >= 11 is 1.30. The van der Waals surface area contributed by atoms with Gasteiger partial charge in [0.15, 0.2) is 4.80 Å². The fraction of sp³-hybridized carbons (Fsp3) is 0.115. The number of thiazole rings is 1. The number of esters is 1. The Labute approximate surface area is 189 Å². The van der Waals surface area contributed by atoms with E-state index in [0.29, 0.717) is 20.6 Å². The van der Waals surface area contributed by atoms with E-state index < -0.39 is 12.0 Å². The molecule has 6 heteroatoms. The number of fused-ring (bicyclic) bond motifs is 1. The van der Waals surface area contributed by atoms with Crippen molar-refractivity contribution in [1.29, 1.82) is 0 Å². The number of methoxy groups -OCH3 is 1. The van der Waals surface area contributed by atoms with Crippen LogP contribution in [0.1, 0.15) is 24.1 Å². The fourth-order valence-corrected chi connectivity index (χ4v) is 4.52. The zero-order chi connectivity index (χ0) is 22.5. The number of hydrogen-bond donors (Lipinski definition) is 0. The first-order valence-corrected chi connectivity index (χ1v) is 11.0. The monoisotopic (exact) mass is 442 g/mol. The average Bonchev–Trinajstić information content (AvgIpc) is 3.13. The highest BCUT2D eigenvalue weighted by Gasteiger charge is 2.29. The summed E-state index contributed by atoms with van der Waals surface area (Å²) in [7, 11) is 1.33. The van der Waals surface area contributed by atoms with Gasteiger partial charge < -0.3 is 4.74 Å². The number of hydrogen-bond acceptors (Lipinski definition) is 5. The van der Waals surface area contributed by atoms with Crippen molar-refractivity contribution in [3.8, 4) is 0 Å². The maximum Gasteiger partial charge on any atom is 0.338 e. The normalized spacial score (nSPS) is 16.4. The number of carbonyl (C=O) groups is 1. The van der Waals surface area contributed by atoms with Crippen molar-refractivity contribution >= 4 is 35.5 Å². The Balaban J connectivity index is 1.80. The maximum absolute atomic E-state index is 13.3. The molecule has 0 fully saturated rings. The molecule has 0 N–H and O–H groups in total. The Bertz CT molecular complexity index is 1390. The van der Waals surface area contributed by atoms with Gasteiger partial charge >= 0.3 is 5.97 Å². The van der Waals surface area contributed by atoms with Crippen molar-refractivity contribution in [3.05, 3.63) is 115 Å². The minimum atomic E-state index is -0.598. The van der Waals surface area contributed by atoms with Gasteiger partial charge in [0.2, 0.25) is 0 Å². The van der Waals surface area contributed by atoms with Crippen LogP contribution in [-0.2, 0) is 9.53 Å². The highest BCUT2D eigenvalue weighted by molar-refractivity contribution is 7.07. The second-order valence-electron chi connectivity index (χ2n) is 7.18. The lowest BCUT2D eigenvalue weighted by molar-refractivity contribution is -0.136. The number of rotatable bonds is 5. The van der Waals surface area contributed by atoms with Crippen LogP contribution in [0.2, 0.25) is 0 Å². The van der Waals surface area contributed by atoms with E-state index in [9.17, 15) is 9.59 Å². The molecule has 0 aliphatic carbocycles. The fourth-order valence-electron chi connectivity index (χ4n) is 3.51. The van der Waals surface area contributed by atoms with Crippen LogP contribution in [0, 0.1) is 0 Å². The van der Waals surface area contributed by atoms with Gasteiger partial charge in [-0.1, -0.05) is 96.3 Å². The number of benzene rings is 2. The summed E-state index contributed by atoms with van der Waals surface area (Å²) < 4.78 is 7.11. The molecule has 5 nitrogen and oxygen atoms in total. The van der Waals surface area contributed by atoms with Crippen LogP contribution in [0.4, 0.5) is 0 Å². The van der Waals surface area contributed by atoms with E-state index in [1.54, 1.807) is 17.6 Å². The molecule has 0 bridgehead atoms. The van der Waals surface area contributed by atoms with Crippen LogP contribution in [-0.4, -0.2) is 17.6 Å². The Hall–Kier alpha value is -3.77. The van der Waals surface area contributed by atoms with Gasteiger partial charge in [0.1, 0.15) is 0 Å². The van der Waals surface area contributed by atoms with Crippen molar-refractivity contribution < 1.29 is 9.53 Å². The van der Waals surface area contributed by atoms with Gasteiger partial charge in [-0.25, -0.2) is 9.79 Å². The first-order chi connectivity index (χ1) is 15.6. The summed E-state index contributed by atoms with van der Waals surface area (Å²) in [5, 5.41) is 0. The van der Waals surface area contributed by atoms with E-state index >= 15 is 0 Å². The standard InChI is InChI=1S/C26H22N2O3S/c1-18-23(25(30)31-2)21(17-16-20-12-7-4-8-13-20)28-24(29)22(32-26(28)27-18)15-9-14-19-10-5-3-6-11-19/h3-17,21H,1-2H3/b14-9+,17-16+,22-15?/t21-/m1/s1. The van der Waals surface area contributed by atoms with Gasteiger partial charge in [-0.2, -0.15) is 0 Å². The molecule has 4 rings (SSSR count). The Kier molecular flexibility index (Phi) is 6.42. The summed E-state index contributed by atoms with van der Waals surface area (Å²) in [4.78, 5) is 30.9. The van der Waals surface area contributed by atoms with Gasteiger partial charge in [0, 0.05) is 0 Å². The van der Waals surface area contributed by atoms with Crippen molar-refractivity contribution in [1.82, 2.24) is 4.57 Å². The highest BCUT2D eigenvalue weighted by atomic mass is 32.1. The zero-order valence-electron chi connectivity index (χ0n) is 17.8. The summed E-state index contributed by atoms with van der Waals surface area (Å²) in [5.74, 6) is -0.493. The smallest absolute Gasteiger partial charge is 0.338 e. The van der Waals surface area contributed by atoms with Crippen LogP contribution in [0.5, 0.6) is 0 Å². The molecule has 1 aromatic heterocycles. The number of aromatic nitrogens is 1. The van der Waals surface area contributed by atoms with E-state index in [1.165, 1.54) is 18.4 Å². The predicted octanol–water partition coefficient (Wildman–Crippen LogP) is 3.74. The number of allylic oxidation sites excluding steroid dienone is 3. The average molecular weight is 443 g/mol. The van der Waals surface area contributed by atoms with Crippen LogP contribution in [0.15, 0.2) is 93.9 Å². The van der Waals surface area contributed by atoms with Crippen molar-refractivity contribution in [2.45, 2.75) is 13.0 Å². The third kappa shape index (κ3) is 4.45. The highest BCUT2D eigenvalue weighted by Crippen LogP contribution is 2.26. The predicted molar refractivity (Wildman–Crippen MR) is 129 cm³/mol. The van der Waals surface area contributed by atoms with E-state index in [0.717, 1.165) is 11.1 Å². The first kappa shape index (κ1) is 21.5. The molecule has 0 saturated carbocycles. The van der Waals surface area contributed by atoms with Crippen LogP contribution in [0.3, 0.4) is 0 Å². The number of ether oxygens (including phenoxy) is 1. The molecule has 1 aliphatic rings. The Morgan fingerprint density at radius 1 is 1.03 bits per heavy atom. The molecule has 2 aromatic carbocycles. The van der Waals surface area contributed by atoms with Crippen molar-refractivity contribution in [2.75, 3.05) is 7.11 Å². The minimum Gasteiger partial charge on any atom is -0.466 e. The molecular weight excluding hydrogens is 420 g/mol. The second-order valence-corrected chi connectivity index (χ2v) is 8.19. The van der Waals surface area contributed by atoms with Crippen LogP contribution < -0.4 is 14.9 Å². The van der Waals surface area contributed by atoms with Gasteiger partial charge in [0.25, 0.3) is 5.56 Å². The molecule has 0 saturated heterocycles. The molecule has 2 heterocycles. The molecule has 0 amide bonds. The molecule has 0 unspecified atom stereocenters. The van der Waals surface area contributed by atoms with E-state index in [2.05, 4.69) is 4.99 Å². The minimum absolute atomic E-state index is 0.192. The molecule has 0 radical (unpaired) electrons. The SMILES string of the molecule is COC(=O)C1=C(C)N=c2sc(=C/C=C/c3ccccc3)c(=O)n2[C@@H]1/C=C/c1ccccc1. The van der Waals surface area contributed by atoms with E-state index in [1.807, 2.05) is 85.0 Å². The van der Waals surface area contributed by atoms with Crippen LogP contribution >= 0.6 is 11.3 Å². The lowest BCUT2D eigenvalue weighted by Crippen LogP contribution is -2.38. The Morgan fingerprint density at radius 2 is 1.66 bits per heavy atom. The van der Waals surface area contributed by atoms with Gasteiger partial charge in [-0.3, -0.25) is 9.36 Å². The quantitative estimate of drug-likeness (QED) is 0.566. The lowest BCUT2D eigenvalue weighted by atomic mass is 10.0. The van der Waals surface area contributed by atoms with Crippen molar-refractivity contribution in [3.63, 3.8) is 0 Å². The molecule has 3 aromatic rings. The molecule has 32 heavy (non-hydrogen) atoms. The summed E-state index contributed by atoms with van der Waals surface area (Å²) in [6, 6.07) is 19.0. The molecule has 1 atom stereocenters. The molecule has 1 aliphatic heterocycles. The van der Waals surface area contributed by atoms with Gasteiger partial charge in [0.05, 0.1) is 29.0 Å². The second kappa shape index (κ2) is 9.58. The van der Waals surface area contributed by atoms with E-state index in [-0.39, 0.29) is 5.56 Å². The van der Waals surface area contributed by atoms with E-state index in [4.69, 9.17) is 4.74 Å². The number of nitrogens with zero attached hydrogens (tertiary/aromatic N) is 2. The molecule has 0 spiro atoms. The van der Waals surface area contributed by atoms with Gasteiger partial charge in [-0.15, -0.1) is 0 Å². The third-order valence-electron chi connectivity index (χ3n) is 5.08. The largest absolute Gasteiger partial charge is 0.466 e. The molecule has 160 valence electrons.